The van der Waals surface area contributed by atoms with Crippen molar-refractivity contribution in [2.45, 2.75) is 19.5 Å². The van der Waals surface area contributed by atoms with E-state index in [4.69, 9.17) is 0 Å². The number of rotatable bonds is 6. The molecule has 1 saturated heterocycles. The summed E-state index contributed by atoms with van der Waals surface area (Å²) in [6.07, 6.45) is 0. The molecule has 1 N–H and O–H groups in total. The van der Waals surface area contributed by atoms with Crippen molar-refractivity contribution < 1.29 is 9.72 Å². The molecule has 156 valence electrons. The smallest absolute Gasteiger partial charge is 0.292 e. The number of piperazine rings is 1. The molecule has 7 nitrogen and oxygen atoms in total. The van der Waals surface area contributed by atoms with Gasteiger partial charge in [0.25, 0.3) is 5.69 Å². The Morgan fingerprint density at radius 1 is 1.13 bits per heavy atom. The van der Waals surface area contributed by atoms with Crippen LogP contribution in [0.1, 0.15) is 12.5 Å². The summed E-state index contributed by atoms with van der Waals surface area (Å²) in [5.41, 5.74) is 1.50. The van der Waals surface area contributed by atoms with Gasteiger partial charge in [-0.1, -0.05) is 30.3 Å². The Morgan fingerprint density at radius 3 is 2.60 bits per heavy atom. The van der Waals surface area contributed by atoms with E-state index in [0.717, 1.165) is 32.7 Å². The second-order valence-corrected chi connectivity index (χ2v) is 8.42. The number of para-hydroxylation sites is 2. The summed E-state index contributed by atoms with van der Waals surface area (Å²) in [5, 5.41) is 17.4. The fourth-order valence-corrected chi connectivity index (χ4v) is 4.80. The van der Waals surface area contributed by atoms with E-state index in [1.165, 1.54) is 21.7 Å². The maximum absolute atomic E-state index is 12.7. The van der Waals surface area contributed by atoms with Gasteiger partial charge in [0.15, 0.2) is 0 Å². The number of carbonyl (C=O) groups excluding carboxylic acids is 1. The summed E-state index contributed by atoms with van der Waals surface area (Å²) >= 11 is 1.78. The molecule has 0 aliphatic carbocycles. The third-order valence-electron chi connectivity index (χ3n) is 5.65. The van der Waals surface area contributed by atoms with Gasteiger partial charge in [-0.25, -0.2) is 0 Å². The highest BCUT2D eigenvalue weighted by atomic mass is 32.1. The van der Waals surface area contributed by atoms with Crippen LogP contribution in [0.4, 0.5) is 11.4 Å². The van der Waals surface area contributed by atoms with Crippen LogP contribution in [0.3, 0.4) is 0 Å². The summed E-state index contributed by atoms with van der Waals surface area (Å²) in [7, 11) is 0. The third kappa shape index (κ3) is 4.35. The number of amides is 1. The first-order chi connectivity index (χ1) is 14.5. The van der Waals surface area contributed by atoms with Gasteiger partial charge in [-0.2, -0.15) is 0 Å². The molecule has 0 saturated carbocycles. The Kier molecular flexibility index (Phi) is 6.08. The lowest BCUT2D eigenvalue weighted by Gasteiger charge is -2.37. The van der Waals surface area contributed by atoms with Crippen molar-refractivity contribution in [3.8, 4) is 0 Å². The van der Waals surface area contributed by atoms with E-state index in [-0.39, 0.29) is 23.3 Å². The Morgan fingerprint density at radius 2 is 1.83 bits per heavy atom. The van der Waals surface area contributed by atoms with Crippen LogP contribution in [-0.2, 0) is 11.3 Å². The summed E-state index contributed by atoms with van der Waals surface area (Å²) in [4.78, 5) is 27.9. The predicted octanol–water partition coefficient (Wildman–Crippen LogP) is 3.95. The first-order valence-electron chi connectivity index (χ1n) is 9.98. The molecule has 8 heteroatoms. The van der Waals surface area contributed by atoms with Crippen molar-refractivity contribution in [1.29, 1.82) is 0 Å². The fraction of sp³-hybridized carbons (Fsp3) is 0.318. The largest absolute Gasteiger partial charge is 0.319 e. The van der Waals surface area contributed by atoms with Crippen LogP contribution < -0.4 is 5.32 Å². The zero-order valence-electron chi connectivity index (χ0n) is 16.8. The highest BCUT2D eigenvalue weighted by Gasteiger charge is 2.27. The summed E-state index contributed by atoms with van der Waals surface area (Å²) in [6, 6.07) is 14.3. The molecule has 1 aromatic heterocycles. The molecule has 0 radical (unpaired) electrons. The quantitative estimate of drug-likeness (QED) is 0.479. The van der Waals surface area contributed by atoms with Crippen LogP contribution in [0.25, 0.3) is 10.1 Å². The topological polar surface area (TPSA) is 78.7 Å². The average Bonchev–Trinajstić information content (AvgIpc) is 3.17. The number of nitrogens with zero attached hydrogens (tertiary/aromatic N) is 3. The highest BCUT2D eigenvalue weighted by Crippen LogP contribution is 2.27. The molecular formula is C22H24N4O3S. The predicted molar refractivity (Wildman–Crippen MR) is 120 cm³/mol. The number of hydrogen-bond acceptors (Lipinski definition) is 6. The van der Waals surface area contributed by atoms with Gasteiger partial charge in [-0.3, -0.25) is 24.7 Å². The van der Waals surface area contributed by atoms with Gasteiger partial charge in [0.2, 0.25) is 5.91 Å². The zero-order chi connectivity index (χ0) is 21.1. The molecule has 1 atom stereocenters. The van der Waals surface area contributed by atoms with Crippen LogP contribution in [-0.4, -0.2) is 52.9 Å². The molecule has 2 heterocycles. The van der Waals surface area contributed by atoms with E-state index in [2.05, 4.69) is 44.8 Å². The molecule has 3 aromatic rings. The van der Waals surface area contributed by atoms with Gasteiger partial charge in [0.05, 0.1) is 11.0 Å². The monoisotopic (exact) mass is 424 g/mol. The number of thiophene rings is 1. The molecule has 2 aromatic carbocycles. The van der Waals surface area contributed by atoms with Crippen molar-refractivity contribution in [3.05, 3.63) is 69.6 Å². The summed E-state index contributed by atoms with van der Waals surface area (Å²) in [6.45, 7) is 6.10. The van der Waals surface area contributed by atoms with Crippen LogP contribution in [0.5, 0.6) is 0 Å². The minimum absolute atomic E-state index is 0.0918. The van der Waals surface area contributed by atoms with Gasteiger partial charge >= 0.3 is 0 Å². The van der Waals surface area contributed by atoms with Gasteiger partial charge in [-0.15, -0.1) is 11.3 Å². The molecule has 1 amide bonds. The molecule has 1 aliphatic heterocycles. The van der Waals surface area contributed by atoms with Crippen molar-refractivity contribution in [3.63, 3.8) is 0 Å². The molecule has 1 unspecified atom stereocenters. The van der Waals surface area contributed by atoms with Crippen LogP contribution in [0.2, 0.25) is 0 Å². The van der Waals surface area contributed by atoms with Crippen LogP contribution in [0, 0.1) is 10.1 Å². The highest BCUT2D eigenvalue weighted by molar-refractivity contribution is 7.17. The zero-order valence-corrected chi connectivity index (χ0v) is 17.6. The van der Waals surface area contributed by atoms with E-state index in [0.29, 0.717) is 0 Å². The standard InChI is InChI=1S/C22H24N4O3S/c1-16(22(27)23-19-7-3-4-8-20(19)26(28)29)25-12-10-24(11-13-25)14-17-15-30-21-9-5-2-6-18(17)21/h2-9,15-16H,10-14H2,1H3,(H,23,27). The number of nitrogens with one attached hydrogen (secondary N) is 1. The van der Waals surface area contributed by atoms with Crippen molar-refractivity contribution in [2.75, 3.05) is 31.5 Å². The van der Waals surface area contributed by atoms with Crippen molar-refractivity contribution in [2.24, 2.45) is 0 Å². The molecule has 30 heavy (non-hydrogen) atoms. The van der Waals surface area contributed by atoms with Gasteiger partial charge in [-0.05, 0) is 35.4 Å². The lowest BCUT2D eigenvalue weighted by molar-refractivity contribution is -0.383. The average molecular weight is 425 g/mol. The first-order valence-corrected chi connectivity index (χ1v) is 10.9. The van der Waals surface area contributed by atoms with E-state index in [9.17, 15) is 14.9 Å². The minimum atomic E-state index is -0.479. The van der Waals surface area contributed by atoms with E-state index in [1.807, 2.05) is 6.92 Å². The maximum Gasteiger partial charge on any atom is 0.292 e. The molecule has 0 bridgehead atoms. The minimum Gasteiger partial charge on any atom is -0.319 e. The molecule has 4 rings (SSSR count). The molecular weight excluding hydrogens is 400 g/mol. The molecule has 1 fully saturated rings. The lowest BCUT2D eigenvalue weighted by atomic mass is 10.1. The number of carbonyl (C=O) groups is 1. The van der Waals surface area contributed by atoms with Crippen LogP contribution in [0.15, 0.2) is 53.9 Å². The first kappa shape index (κ1) is 20.5. The summed E-state index contributed by atoms with van der Waals surface area (Å²) < 4.78 is 1.31. The Balaban J connectivity index is 1.33. The molecule has 1 aliphatic rings. The van der Waals surface area contributed by atoms with E-state index >= 15 is 0 Å². The number of fused-ring (bicyclic) bond motifs is 1. The number of anilines is 1. The Hall–Kier alpha value is -2.81. The van der Waals surface area contributed by atoms with Crippen molar-refractivity contribution >= 4 is 38.7 Å². The van der Waals surface area contributed by atoms with Gasteiger partial charge in [0, 0.05) is 43.5 Å². The molecule has 0 spiro atoms. The number of hydrogen-bond donors (Lipinski definition) is 1. The second-order valence-electron chi connectivity index (χ2n) is 7.51. The Labute approximate surface area is 179 Å². The van der Waals surface area contributed by atoms with Crippen LogP contribution >= 0.6 is 11.3 Å². The fourth-order valence-electron chi connectivity index (χ4n) is 3.85. The van der Waals surface area contributed by atoms with E-state index in [1.54, 1.807) is 29.5 Å². The van der Waals surface area contributed by atoms with Gasteiger partial charge < -0.3 is 5.32 Å². The number of benzene rings is 2. The Bertz CT molecular complexity index is 1060. The number of nitro benzene ring substituents is 1. The maximum atomic E-state index is 12.7. The number of nitro groups is 1. The van der Waals surface area contributed by atoms with Crippen molar-refractivity contribution in [1.82, 2.24) is 9.80 Å². The lowest BCUT2D eigenvalue weighted by Crippen LogP contribution is -2.52. The normalized spacial score (nSPS) is 16.4. The summed E-state index contributed by atoms with van der Waals surface area (Å²) in [5.74, 6) is -0.221. The third-order valence-corrected chi connectivity index (χ3v) is 6.66. The second kappa shape index (κ2) is 8.91. The van der Waals surface area contributed by atoms with Gasteiger partial charge in [0.1, 0.15) is 5.69 Å². The van der Waals surface area contributed by atoms with E-state index < -0.39 is 4.92 Å². The SMILES string of the molecule is CC(C(=O)Nc1ccccc1[N+](=O)[O-])N1CCN(Cc2csc3ccccc23)CC1.